The zero-order valence-corrected chi connectivity index (χ0v) is 8.83. The summed E-state index contributed by atoms with van der Waals surface area (Å²) < 4.78 is 0. The Morgan fingerprint density at radius 2 is 2.08 bits per heavy atom. The average molecular weight is 188 g/mol. The van der Waals surface area contributed by atoms with E-state index in [0.29, 0.717) is 6.42 Å². The van der Waals surface area contributed by atoms with Crippen molar-refractivity contribution >= 4 is 16.9 Å². The fraction of sp³-hybridized carbons (Fsp3) is 0.875. The van der Waals surface area contributed by atoms with Gasteiger partial charge in [-0.25, -0.2) is 4.99 Å². The first kappa shape index (κ1) is 9.86. The van der Waals surface area contributed by atoms with Crippen molar-refractivity contribution in [3.63, 3.8) is 0 Å². The molecule has 0 bridgehead atoms. The van der Waals surface area contributed by atoms with Crippen LogP contribution in [0.1, 0.15) is 27.2 Å². The van der Waals surface area contributed by atoms with Crippen LogP contribution in [0.25, 0.3) is 0 Å². The van der Waals surface area contributed by atoms with Gasteiger partial charge in [-0.15, -0.1) is 0 Å². The summed E-state index contributed by atoms with van der Waals surface area (Å²) in [5.74, 6) is 0. The van der Waals surface area contributed by atoms with Crippen molar-refractivity contribution in [3.05, 3.63) is 0 Å². The number of thioether (sulfide) groups is 1. The van der Waals surface area contributed by atoms with Gasteiger partial charge in [0.05, 0.1) is 0 Å². The van der Waals surface area contributed by atoms with Crippen molar-refractivity contribution in [1.29, 1.82) is 0 Å². The van der Waals surface area contributed by atoms with Gasteiger partial charge in [0.25, 0.3) is 0 Å². The van der Waals surface area contributed by atoms with Gasteiger partial charge in [0, 0.05) is 12.0 Å². The maximum absolute atomic E-state index is 9.77. The van der Waals surface area contributed by atoms with Crippen molar-refractivity contribution < 1.29 is 5.11 Å². The predicted molar refractivity (Wildman–Crippen MR) is 53.4 cm³/mol. The third-order valence-electron chi connectivity index (χ3n) is 1.76. The molecule has 0 fully saturated rings. The first-order valence-electron chi connectivity index (χ1n) is 3.99. The van der Waals surface area contributed by atoms with E-state index in [2.05, 4.69) is 24.2 Å². The van der Waals surface area contributed by atoms with Crippen molar-refractivity contribution in [2.24, 2.45) is 4.99 Å². The van der Waals surface area contributed by atoms with Gasteiger partial charge < -0.3 is 10.4 Å². The first-order chi connectivity index (χ1) is 5.35. The van der Waals surface area contributed by atoms with Crippen molar-refractivity contribution in [2.45, 2.75) is 38.5 Å². The van der Waals surface area contributed by atoms with E-state index in [1.54, 1.807) is 6.92 Å². The highest BCUT2D eigenvalue weighted by Gasteiger charge is 2.35. The van der Waals surface area contributed by atoms with Gasteiger partial charge in [-0.2, -0.15) is 0 Å². The summed E-state index contributed by atoms with van der Waals surface area (Å²) in [5, 5.41) is 13.8. The monoisotopic (exact) mass is 188 g/mol. The molecule has 0 saturated heterocycles. The summed E-state index contributed by atoms with van der Waals surface area (Å²) in [4.78, 5) is 4.15. The molecule has 3 nitrogen and oxygen atoms in total. The lowest BCUT2D eigenvalue weighted by atomic mass is 9.93. The Balaban J connectivity index is 2.86. The van der Waals surface area contributed by atoms with E-state index in [0.717, 1.165) is 5.17 Å². The molecule has 0 aromatic rings. The van der Waals surface area contributed by atoms with Crippen LogP contribution in [0.15, 0.2) is 4.99 Å². The molecule has 1 heterocycles. The average Bonchev–Trinajstić information content (AvgIpc) is 1.80. The van der Waals surface area contributed by atoms with Gasteiger partial charge in [0.2, 0.25) is 0 Å². The Kier molecular flexibility index (Phi) is 2.40. The molecule has 0 aromatic carbocycles. The van der Waals surface area contributed by atoms with Gasteiger partial charge in [0.15, 0.2) is 10.9 Å². The number of amidine groups is 1. The molecule has 1 rings (SSSR count). The zero-order chi connectivity index (χ0) is 9.41. The van der Waals surface area contributed by atoms with Gasteiger partial charge in [-0.05, 0) is 27.0 Å². The van der Waals surface area contributed by atoms with Crippen LogP contribution in [0.2, 0.25) is 0 Å². The highest BCUT2D eigenvalue weighted by atomic mass is 32.2. The van der Waals surface area contributed by atoms with Gasteiger partial charge >= 0.3 is 0 Å². The second-order valence-electron chi connectivity index (χ2n) is 4.02. The molecule has 0 aliphatic carbocycles. The summed E-state index contributed by atoms with van der Waals surface area (Å²) in [6, 6.07) is 0. The summed E-state index contributed by atoms with van der Waals surface area (Å²) in [6.07, 6.45) is 2.59. The number of hydrogen-bond acceptors (Lipinski definition) is 4. The topological polar surface area (TPSA) is 44.6 Å². The summed E-state index contributed by atoms with van der Waals surface area (Å²) in [7, 11) is 0. The van der Waals surface area contributed by atoms with Crippen molar-refractivity contribution in [1.82, 2.24) is 5.32 Å². The summed E-state index contributed by atoms with van der Waals surface area (Å²) in [6.45, 7) is 5.87. The molecule has 2 N–H and O–H groups in total. The number of hydrogen-bond donors (Lipinski definition) is 2. The maximum Gasteiger partial charge on any atom is 0.159 e. The minimum Gasteiger partial charge on any atom is -0.369 e. The van der Waals surface area contributed by atoms with Crippen LogP contribution in [-0.2, 0) is 0 Å². The first-order valence-corrected chi connectivity index (χ1v) is 5.22. The second-order valence-corrected chi connectivity index (χ2v) is 4.82. The third-order valence-corrected chi connectivity index (χ3v) is 2.34. The highest BCUT2D eigenvalue weighted by molar-refractivity contribution is 8.13. The Morgan fingerprint density at radius 1 is 1.50 bits per heavy atom. The van der Waals surface area contributed by atoms with Crippen LogP contribution in [0, 0.1) is 0 Å². The van der Waals surface area contributed by atoms with E-state index in [1.165, 1.54) is 11.8 Å². The fourth-order valence-corrected chi connectivity index (χ4v) is 2.22. The fourth-order valence-electron chi connectivity index (χ4n) is 1.55. The van der Waals surface area contributed by atoms with Gasteiger partial charge in [-0.3, -0.25) is 0 Å². The third kappa shape index (κ3) is 2.38. The molecule has 1 aliphatic rings. The Bertz CT molecular complexity index is 211. The summed E-state index contributed by atoms with van der Waals surface area (Å²) in [5.41, 5.74) is -0.976. The second kappa shape index (κ2) is 2.92. The molecule has 70 valence electrons. The molecule has 0 aromatic heterocycles. The zero-order valence-electron chi connectivity index (χ0n) is 8.01. The Labute approximate surface area is 77.7 Å². The minimum absolute atomic E-state index is 0.0659. The molecular weight excluding hydrogens is 172 g/mol. The lowest BCUT2D eigenvalue weighted by Gasteiger charge is -2.38. The molecule has 4 heteroatoms. The van der Waals surface area contributed by atoms with Crippen LogP contribution in [0.4, 0.5) is 0 Å². The van der Waals surface area contributed by atoms with Crippen molar-refractivity contribution in [3.8, 4) is 0 Å². The molecule has 1 atom stereocenters. The molecule has 1 aliphatic heterocycles. The van der Waals surface area contributed by atoms with Gasteiger partial charge in [0.1, 0.15) is 0 Å². The number of aliphatic imine (C=N–C) groups is 1. The Hall–Kier alpha value is -0.220. The molecule has 1 unspecified atom stereocenters. The summed E-state index contributed by atoms with van der Waals surface area (Å²) >= 11 is 1.53. The number of nitrogens with zero attached hydrogens (tertiary/aromatic N) is 1. The lowest BCUT2D eigenvalue weighted by molar-refractivity contribution is 0.0309. The van der Waals surface area contributed by atoms with Crippen molar-refractivity contribution in [2.75, 3.05) is 6.26 Å². The maximum atomic E-state index is 9.77. The van der Waals surface area contributed by atoms with Gasteiger partial charge in [-0.1, -0.05) is 11.8 Å². The van der Waals surface area contributed by atoms with E-state index < -0.39 is 5.72 Å². The predicted octanol–water partition coefficient (Wildman–Crippen LogP) is 1.19. The van der Waals surface area contributed by atoms with Crippen LogP contribution in [0.3, 0.4) is 0 Å². The van der Waals surface area contributed by atoms with E-state index in [4.69, 9.17) is 0 Å². The van der Waals surface area contributed by atoms with E-state index >= 15 is 0 Å². The molecule has 0 saturated carbocycles. The number of nitrogens with one attached hydrogen (secondary N) is 1. The van der Waals surface area contributed by atoms with Crippen LogP contribution < -0.4 is 5.32 Å². The normalized spacial score (nSPS) is 33.9. The quantitative estimate of drug-likeness (QED) is 0.600. The largest absolute Gasteiger partial charge is 0.369 e. The molecule has 0 spiro atoms. The van der Waals surface area contributed by atoms with Crippen LogP contribution in [-0.4, -0.2) is 27.8 Å². The molecule has 12 heavy (non-hydrogen) atoms. The number of rotatable bonds is 0. The Morgan fingerprint density at radius 3 is 2.50 bits per heavy atom. The highest BCUT2D eigenvalue weighted by Crippen LogP contribution is 2.27. The molecule has 0 radical (unpaired) electrons. The smallest absolute Gasteiger partial charge is 0.159 e. The van der Waals surface area contributed by atoms with Crippen LogP contribution >= 0.6 is 11.8 Å². The SMILES string of the molecule is CSC1=NC(C)(O)CC(C)(C)N1. The standard InChI is InChI=1S/C8H16N2OS/c1-7(2)5-8(3,11)10-6(9-7)12-4/h11H,5H2,1-4H3,(H,9,10). The van der Waals surface area contributed by atoms with Crippen LogP contribution in [0.5, 0.6) is 0 Å². The molecule has 0 amide bonds. The minimum atomic E-state index is -0.910. The molecular formula is C8H16N2OS. The van der Waals surface area contributed by atoms with E-state index in [1.807, 2.05) is 6.26 Å². The number of aliphatic hydroxyl groups is 1. The lowest BCUT2D eigenvalue weighted by Crippen LogP contribution is -2.52. The van der Waals surface area contributed by atoms with E-state index in [9.17, 15) is 5.11 Å². The van der Waals surface area contributed by atoms with E-state index in [-0.39, 0.29) is 5.54 Å².